The van der Waals surface area contributed by atoms with Gasteiger partial charge in [0.2, 0.25) is 11.0 Å². The molecule has 0 aliphatic carbocycles. The van der Waals surface area contributed by atoms with E-state index in [1.54, 1.807) is 11.5 Å². The number of hydrogen-bond acceptors (Lipinski definition) is 3. The number of para-hydroxylation sites is 1. The zero-order valence-electron chi connectivity index (χ0n) is 15.6. The van der Waals surface area contributed by atoms with E-state index in [2.05, 4.69) is 17.9 Å². The molecule has 0 aromatic heterocycles. The molecule has 1 N–H and O–H groups in total. The van der Waals surface area contributed by atoms with Crippen LogP contribution in [0, 0.1) is 0 Å². The van der Waals surface area contributed by atoms with Gasteiger partial charge in [-0.2, -0.15) is 0 Å². The number of carbonyl (C=O) groups excluding carboxylic acids is 2. The number of amides is 1. The Labute approximate surface area is 181 Å². The lowest BCUT2D eigenvalue weighted by Gasteiger charge is -2.00. The van der Waals surface area contributed by atoms with Crippen molar-refractivity contribution in [1.29, 1.82) is 0 Å². The van der Waals surface area contributed by atoms with Gasteiger partial charge in [-0.15, -0.1) is 12.6 Å². The van der Waals surface area contributed by atoms with Gasteiger partial charge in [0.1, 0.15) is 0 Å². The van der Waals surface area contributed by atoms with Gasteiger partial charge in [0, 0.05) is 16.7 Å². The van der Waals surface area contributed by atoms with Crippen LogP contribution in [-0.2, 0) is 9.59 Å². The summed E-state index contributed by atoms with van der Waals surface area (Å²) in [6.45, 7) is 0. The summed E-state index contributed by atoms with van der Waals surface area (Å²) in [5.41, 5.74) is 1.81. The van der Waals surface area contributed by atoms with Crippen molar-refractivity contribution in [2.24, 2.45) is 0 Å². The first kappa shape index (κ1) is 22.3. The van der Waals surface area contributed by atoms with Crippen molar-refractivity contribution in [3.05, 3.63) is 114 Å². The van der Waals surface area contributed by atoms with Crippen molar-refractivity contribution in [3.8, 4) is 0 Å². The fourth-order valence-electron chi connectivity index (χ4n) is 2.11. The topological polar surface area (TPSA) is 46.2 Å². The van der Waals surface area contributed by atoms with Gasteiger partial charge in [-0.25, -0.2) is 0 Å². The standard InChI is InChI=1S/C15H13NOS.C9H8OS/c17-15(16-13-7-3-1-4-8-13)11-12-18-14-9-5-2-6-10-14;10-9(11)7-6-8-4-2-1-3-5-8/h1-12H,(H,16,17);1-7H,(H,10,11). The lowest BCUT2D eigenvalue weighted by molar-refractivity contribution is -0.112. The highest BCUT2D eigenvalue weighted by atomic mass is 32.2. The molecule has 29 heavy (non-hydrogen) atoms. The molecule has 146 valence electrons. The average molecular weight is 420 g/mol. The van der Waals surface area contributed by atoms with E-state index >= 15 is 0 Å². The second kappa shape index (κ2) is 13.2. The second-order valence-corrected chi connectivity index (χ2v) is 7.09. The second-order valence-electron chi connectivity index (χ2n) is 5.67. The number of rotatable bonds is 6. The van der Waals surface area contributed by atoms with Crippen LogP contribution in [0.25, 0.3) is 6.08 Å². The Morgan fingerprint density at radius 3 is 1.90 bits per heavy atom. The maximum atomic E-state index is 11.6. The zero-order chi connectivity index (χ0) is 20.7. The molecule has 0 aliphatic heterocycles. The molecule has 0 atom stereocenters. The number of carbonyl (C=O) groups is 2. The fourth-order valence-corrected chi connectivity index (χ4v) is 2.85. The summed E-state index contributed by atoms with van der Waals surface area (Å²) in [4.78, 5) is 23.1. The fraction of sp³-hybridized carbons (Fsp3) is 0. The molecule has 3 aromatic carbocycles. The molecule has 1 amide bonds. The van der Waals surface area contributed by atoms with Crippen LogP contribution in [-0.4, -0.2) is 11.0 Å². The minimum absolute atomic E-state index is 0.121. The SMILES string of the molecule is O=C(C=CSc1ccccc1)Nc1ccccc1.O=C(S)C=Cc1ccccc1. The molecule has 0 unspecified atom stereocenters. The third kappa shape index (κ3) is 10.2. The van der Waals surface area contributed by atoms with E-state index in [1.165, 1.54) is 23.9 Å². The monoisotopic (exact) mass is 419 g/mol. The summed E-state index contributed by atoms with van der Waals surface area (Å²) in [5.74, 6) is -0.121. The van der Waals surface area contributed by atoms with Crippen LogP contribution in [0.2, 0.25) is 0 Å². The molecule has 0 saturated heterocycles. The molecule has 0 saturated carbocycles. The largest absolute Gasteiger partial charge is 0.322 e. The Morgan fingerprint density at radius 2 is 1.31 bits per heavy atom. The third-order valence-corrected chi connectivity index (χ3v) is 4.39. The molecule has 3 rings (SSSR count). The predicted octanol–water partition coefficient (Wildman–Crippen LogP) is 6.09. The molecule has 5 heteroatoms. The van der Waals surface area contributed by atoms with E-state index in [0.29, 0.717) is 0 Å². The van der Waals surface area contributed by atoms with E-state index < -0.39 is 0 Å². The lowest BCUT2D eigenvalue weighted by atomic mass is 10.2. The maximum absolute atomic E-state index is 11.6. The van der Waals surface area contributed by atoms with Crippen molar-refractivity contribution >= 4 is 47.2 Å². The van der Waals surface area contributed by atoms with Crippen LogP contribution >= 0.6 is 24.4 Å². The average Bonchev–Trinajstić information content (AvgIpc) is 2.75. The van der Waals surface area contributed by atoms with Gasteiger partial charge in [-0.3, -0.25) is 9.59 Å². The molecule has 3 aromatic rings. The first-order valence-corrected chi connectivity index (χ1v) is 10.2. The number of anilines is 1. The molecule has 0 bridgehead atoms. The quantitative estimate of drug-likeness (QED) is 0.289. The van der Waals surface area contributed by atoms with Gasteiger partial charge in [0.25, 0.3) is 0 Å². The summed E-state index contributed by atoms with van der Waals surface area (Å²) in [6.07, 6.45) is 4.69. The Morgan fingerprint density at radius 1 is 0.759 bits per heavy atom. The van der Waals surface area contributed by atoms with Crippen LogP contribution in [0.15, 0.2) is 113 Å². The lowest BCUT2D eigenvalue weighted by Crippen LogP contribution is -2.07. The molecule has 0 spiro atoms. The maximum Gasteiger partial charge on any atom is 0.248 e. The van der Waals surface area contributed by atoms with E-state index in [0.717, 1.165) is 16.1 Å². The molecular weight excluding hydrogens is 398 g/mol. The van der Waals surface area contributed by atoms with Gasteiger partial charge >= 0.3 is 0 Å². The normalized spacial score (nSPS) is 10.4. The van der Waals surface area contributed by atoms with Crippen molar-refractivity contribution in [1.82, 2.24) is 0 Å². The van der Waals surface area contributed by atoms with Gasteiger partial charge in [-0.1, -0.05) is 84.6 Å². The molecule has 0 aliphatic rings. The van der Waals surface area contributed by atoms with Gasteiger partial charge < -0.3 is 5.32 Å². The van der Waals surface area contributed by atoms with Crippen molar-refractivity contribution in [2.45, 2.75) is 4.90 Å². The highest BCUT2D eigenvalue weighted by Gasteiger charge is 1.96. The molecule has 0 heterocycles. The summed E-state index contributed by atoms with van der Waals surface area (Å²) in [6, 6.07) is 28.9. The molecule has 0 radical (unpaired) electrons. The first-order valence-electron chi connectivity index (χ1n) is 8.84. The van der Waals surface area contributed by atoms with Crippen LogP contribution < -0.4 is 5.32 Å². The molecular formula is C24H21NO2S2. The van der Waals surface area contributed by atoms with E-state index in [9.17, 15) is 9.59 Å². The Hall–Kier alpha value is -3.02. The number of nitrogens with one attached hydrogen (secondary N) is 1. The third-order valence-electron chi connectivity index (χ3n) is 3.43. The van der Waals surface area contributed by atoms with Crippen molar-refractivity contribution in [3.63, 3.8) is 0 Å². The minimum atomic E-state index is -0.228. The Bertz CT molecular complexity index is 940. The van der Waals surface area contributed by atoms with E-state index in [1.807, 2.05) is 91.0 Å². The van der Waals surface area contributed by atoms with Gasteiger partial charge in [0.05, 0.1) is 0 Å². The summed E-state index contributed by atoms with van der Waals surface area (Å²) >= 11 is 5.12. The van der Waals surface area contributed by atoms with Crippen molar-refractivity contribution in [2.75, 3.05) is 5.32 Å². The Balaban J connectivity index is 0.000000234. The Kier molecular flexibility index (Phi) is 10.1. The zero-order valence-corrected chi connectivity index (χ0v) is 17.4. The summed E-state index contributed by atoms with van der Waals surface area (Å²) < 4.78 is 0. The van der Waals surface area contributed by atoms with Crippen molar-refractivity contribution < 1.29 is 9.59 Å². The minimum Gasteiger partial charge on any atom is -0.322 e. The number of thiol groups is 1. The highest BCUT2D eigenvalue weighted by Crippen LogP contribution is 2.17. The smallest absolute Gasteiger partial charge is 0.248 e. The first-order chi connectivity index (χ1) is 14.1. The van der Waals surface area contributed by atoms with Crippen LogP contribution in [0.1, 0.15) is 5.56 Å². The number of benzene rings is 3. The number of hydrogen-bond donors (Lipinski definition) is 2. The van der Waals surface area contributed by atoms with Crippen LogP contribution in [0.5, 0.6) is 0 Å². The summed E-state index contributed by atoms with van der Waals surface area (Å²) in [7, 11) is 0. The van der Waals surface area contributed by atoms with Gasteiger partial charge in [0.15, 0.2) is 0 Å². The highest BCUT2D eigenvalue weighted by molar-refractivity contribution is 8.02. The molecule has 3 nitrogen and oxygen atoms in total. The van der Waals surface area contributed by atoms with Crippen LogP contribution in [0.4, 0.5) is 5.69 Å². The number of thioether (sulfide) groups is 1. The van der Waals surface area contributed by atoms with Crippen LogP contribution in [0.3, 0.4) is 0 Å². The predicted molar refractivity (Wildman–Crippen MR) is 126 cm³/mol. The van der Waals surface area contributed by atoms with E-state index in [4.69, 9.17) is 0 Å². The summed E-state index contributed by atoms with van der Waals surface area (Å²) in [5, 5.41) is 4.35. The van der Waals surface area contributed by atoms with E-state index in [-0.39, 0.29) is 11.0 Å². The van der Waals surface area contributed by atoms with Gasteiger partial charge in [-0.05, 0) is 41.3 Å². The molecule has 0 fully saturated rings.